The molecule has 0 radical (unpaired) electrons. The van der Waals surface area contributed by atoms with Gasteiger partial charge in [0, 0.05) is 17.3 Å². The van der Waals surface area contributed by atoms with Gasteiger partial charge in [0.1, 0.15) is 11.5 Å². The fourth-order valence-corrected chi connectivity index (χ4v) is 1.96. The molecule has 0 saturated heterocycles. The number of rotatable bonds is 4. The molecule has 2 aromatic rings. The minimum absolute atomic E-state index is 0.127. The molecule has 1 aromatic carbocycles. The van der Waals surface area contributed by atoms with Gasteiger partial charge in [-0.1, -0.05) is 24.4 Å². The monoisotopic (exact) mass is 302 g/mol. The molecule has 3 N–H and O–H groups in total. The molecule has 0 fully saturated rings. The highest BCUT2D eigenvalue weighted by Gasteiger charge is 2.09. The Bertz CT molecular complexity index is 755. The Balaban J connectivity index is 2.16. The van der Waals surface area contributed by atoms with Crippen molar-refractivity contribution in [1.29, 1.82) is 0 Å². The number of para-hydroxylation sites is 1. The van der Waals surface area contributed by atoms with Crippen molar-refractivity contribution in [2.75, 3.05) is 5.32 Å². The van der Waals surface area contributed by atoms with Crippen LogP contribution in [0.2, 0.25) is 0 Å². The smallest absolute Gasteiger partial charge is 0.253 e. The van der Waals surface area contributed by atoms with Crippen LogP contribution in [-0.4, -0.2) is 20.4 Å². The van der Waals surface area contributed by atoms with Gasteiger partial charge < -0.3 is 11.1 Å². The van der Waals surface area contributed by atoms with E-state index in [9.17, 15) is 9.59 Å². The van der Waals surface area contributed by atoms with Gasteiger partial charge in [-0.15, -0.1) is 0 Å². The third-order valence-corrected chi connectivity index (χ3v) is 3.02. The summed E-state index contributed by atoms with van der Waals surface area (Å²) in [7, 11) is 0. The SMILES string of the molecule is Cc1cc(=O)n(CC(=O)Nc2ccccc2C(N)=S)cn1. The van der Waals surface area contributed by atoms with Crippen molar-refractivity contribution in [1.82, 2.24) is 9.55 Å². The number of aryl methyl sites for hydroxylation is 1. The number of aromatic nitrogens is 2. The third kappa shape index (κ3) is 3.73. The molecule has 0 bridgehead atoms. The molecule has 1 amide bonds. The summed E-state index contributed by atoms with van der Waals surface area (Å²) in [5.41, 5.74) is 7.02. The van der Waals surface area contributed by atoms with E-state index in [-0.39, 0.29) is 23.0 Å². The van der Waals surface area contributed by atoms with Crippen LogP contribution >= 0.6 is 12.2 Å². The first kappa shape index (κ1) is 14.9. The van der Waals surface area contributed by atoms with Crippen LogP contribution in [0.4, 0.5) is 5.69 Å². The zero-order valence-electron chi connectivity index (χ0n) is 11.4. The van der Waals surface area contributed by atoms with E-state index in [0.29, 0.717) is 16.9 Å². The summed E-state index contributed by atoms with van der Waals surface area (Å²) >= 11 is 4.93. The Morgan fingerprint density at radius 1 is 1.43 bits per heavy atom. The Morgan fingerprint density at radius 3 is 2.81 bits per heavy atom. The zero-order chi connectivity index (χ0) is 15.4. The number of thiocarbonyl (C=S) groups is 1. The van der Waals surface area contributed by atoms with E-state index < -0.39 is 0 Å². The Kier molecular flexibility index (Phi) is 4.44. The number of amides is 1. The largest absolute Gasteiger partial charge is 0.389 e. The van der Waals surface area contributed by atoms with Crippen molar-refractivity contribution in [2.24, 2.45) is 5.73 Å². The van der Waals surface area contributed by atoms with Gasteiger partial charge in [-0.25, -0.2) is 4.98 Å². The van der Waals surface area contributed by atoms with Gasteiger partial charge in [-0.2, -0.15) is 0 Å². The molecule has 0 saturated carbocycles. The molecule has 0 atom stereocenters. The number of hydrogen-bond donors (Lipinski definition) is 2. The van der Waals surface area contributed by atoms with Crippen LogP contribution in [0.25, 0.3) is 0 Å². The maximum absolute atomic E-state index is 12.0. The summed E-state index contributed by atoms with van der Waals surface area (Å²) in [5.74, 6) is -0.355. The summed E-state index contributed by atoms with van der Waals surface area (Å²) in [6.45, 7) is 1.59. The molecule has 108 valence electrons. The summed E-state index contributed by atoms with van der Waals surface area (Å²) in [5, 5.41) is 2.69. The van der Waals surface area contributed by atoms with E-state index in [4.69, 9.17) is 18.0 Å². The van der Waals surface area contributed by atoms with Crippen LogP contribution < -0.4 is 16.6 Å². The lowest BCUT2D eigenvalue weighted by atomic mass is 10.2. The van der Waals surface area contributed by atoms with Gasteiger partial charge >= 0.3 is 0 Å². The number of nitrogens with one attached hydrogen (secondary N) is 1. The second kappa shape index (κ2) is 6.27. The molecule has 0 unspecified atom stereocenters. The lowest BCUT2D eigenvalue weighted by molar-refractivity contribution is -0.116. The van der Waals surface area contributed by atoms with E-state index in [0.717, 1.165) is 0 Å². The number of carbonyl (C=O) groups is 1. The quantitative estimate of drug-likeness (QED) is 0.816. The highest BCUT2D eigenvalue weighted by atomic mass is 32.1. The molecule has 7 heteroatoms. The molecular formula is C14H14N4O2S. The Hall–Kier alpha value is -2.54. The molecule has 0 spiro atoms. The molecule has 0 aliphatic heterocycles. The number of anilines is 1. The van der Waals surface area contributed by atoms with Crippen LogP contribution in [-0.2, 0) is 11.3 Å². The fraction of sp³-hybridized carbons (Fsp3) is 0.143. The van der Waals surface area contributed by atoms with Gasteiger partial charge in [0.2, 0.25) is 5.91 Å². The molecular weight excluding hydrogens is 288 g/mol. The molecule has 21 heavy (non-hydrogen) atoms. The second-order valence-electron chi connectivity index (χ2n) is 4.45. The molecule has 1 aromatic heterocycles. The van der Waals surface area contributed by atoms with E-state index in [1.807, 2.05) is 0 Å². The first-order valence-corrected chi connectivity index (χ1v) is 6.60. The summed E-state index contributed by atoms with van der Waals surface area (Å²) < 4.78 is 1.23. The molecule has 0 aliphatic rings. The van der Waals surface area contributed by atoms with Crippen molar-refractivity contribution in [3.63, 3.8) is 0 Å². The van der Waals surface area contributed by atoms with Crippen LogP contribution in [0.5, 0.6) is 0 Å². The first-order chi connectivity index (χ1) is 9.97. The maximum Gasteiger partial charge on any atom is 0.253 e. The topological polar surface area (TPSA) is 90.0 Å². The van der Waals surface area contributed by atoms with Crippen molar-refractivity contribution >= 4 is 28.8 Å². The second-order valence-corrected chi connectivity index (χ2v) is 4.89. The van der Waals surface area contributed by atoms with Gasteiger partial charge in [0.15, 0.2) is 0 Å². The van der Waals surface area contributed by atoms with Crippen molar-refractivity contribution in [2.45, 2.75) is 13.5 Å². The average Bonchev–Trinajstić information content (AvgIpc) is 2.42. The normalized spacial score (nSPS) is 10.1. The summed E-state index contributed by atoms with van der Waals surface area (Å²) in [6, 6.07) is 8.33. The number of benzene rings is 1. The summed E-state index contributed by atoms with van der Waals surface area (Å²) in [6.07, 6.45) is 1.34. The van der Waals surface area contributed by atoms with Crippen LogP contribution in [0.1, 0.15) is 11.3 Å². The fourth-order valence-electron chi connectivity index (χ4n) is 1.79. The van der Waals surface area contributed by atoms with E-state index >= 15 is 0 Å². The Labute approximate surface area is 126 Å². The zero-order valence-corrected chi connectivity index (χ0v) is 12.2. The number of carbonyl (C=O) groups excluding carboxylic acids is 1. The minimum Gasteiger partial charge on any atom is -0.389 e. The molecule has 6 nitrogen and oxygen atoms in total. The van der Waals surface area contributed by atoms with Crippen LogP contribution in [0.15, 0.2) is 41.5 Å². The number of nitrogens with zero attached hydrogens (tertiary/aromatic N) is 2. The van der Waals surface area contributed by atoms with E-state index in [1.165, 1.54) is 17.0 Å². The van der Waals surface area contributed by atoms with Crippen molar-refractivity contribution in [3.05, 3.63) is 58.3 Å². The van der Waals surface area contributed by atoms with Crippen molar-refractivity contribution < 1.29 is 4.79 Å². The predicted molar refractivity (Wildman–Crippen MR) is 84.2 cm³/mol. The Morgan fingerprint density at radius 2 is 2.14 bits per heavy atom. The first-order valence-electron chi connectivity index (χ1n) is 6.19. The molecule has 2 rings (SSSR count). The van der Waals surface area contributed by atoms with E-state index in [1.54, 1.807) is 31.2 Å². The highest BCUT2D eigenvalue weighted by molar-refractivity contribution is 7.80. The van der Waals surface area contributed by atoms with Gasteiger partial charge in [0.25, 0.3) is 5.56 Å². The maximum atomic E-state index is 12.0. The number of nitrogens with two attached hydrogens (primary N) is 1. The predicted octanol–water partition coefficient (Wildman–Crippen LogP) is 0.825. The number of hydrogen-bond acceptors (Lipinski definition) is 4. The summed E-state index contributed by atoms with van der Waals surface area (Å²) in [4.78, 5) is 27.9. The van der Waals surface area contributed by atoms with Gasteiger partial charge in [0.05, 0.1) is 12.0 Å². The van der Waals surface area contributed by atoms with E-state index in [2.05, 4.69) is 10.3 Å². The average molecular weight is 302 g/mol. The lowest BCUT2D eigenvalue weighted by Gasteiger charge is -2.10. The van der Waals surface area contributed by atoms with Crippen LogP contribution in [0, 0.1) is 6.92 Å². The molecule has 1 heterocycles. The molecule has 0 aliphatic carbocycles. The third-order valence-electron chi connectivity index (χ3n) is 2.80. The van der Waals surface area contributed by atoms with Gasteiger partial charge in [-0.05, 0) is 19.1 Å². The van der Waals surface area contributed by atoms with Crippen LogP contribution in [0.3, 0.4) is 0 Å². The standard InChI is InChI=1S/C14H14N4O2S/c1-9-6-13(20)18(8-16-9)7-12(19)17-11-5-3-2-4-10(11)14(15)21/h2-6,8H,7H2,1H3,(H2,15,21)(H,17,19). The minimum atomic E-state index is -0.355. The lowest BCUT2D eigenvalue weighted by Crippen LogP contribution is -2.28. The highest BCUT2D eigenvalue weighted by Crippen LogP contribution is 2.14. The van der Waals surface area contributed by atoms with Gasteiger partial charge in [-0.3, -0.25) is 14.2 Å². The van der Waals surface area contributed by atoms with Crippen molar-refractivity contribution in [3.8, 4) is 0 Å².